The van der Waals surface area contributed by atoms with Gasteiger partial charge in [-0.05, 0) is 26.3 Å². The van der Waals surface area contributed by atoms with E-state index in [0.29, 0.717) is 18.5 Å². The Kier molecular flexibility index (Phi) is 12.8. The van der Waals surface area contributed by atoms with E-state index in [9.17, 15) is 0 Å². The van der Waals surface area contributed by atoms with Gasteiger partial charge in [0, 0.05) is 24.3 Å². The Morgan fingerprint density at radius 1 is 1.35 bits per heavy atom. The van der Waals surface area contributed by atoms with E-state index in [1.54, 1.807) is 13.3 Å². The highest BCUT2D eigenvalue weighted by Crippen LogP contribution is 2.14. The molecule has 6 heteroatoms. The van der Waals surface area contributed by atoms with E-state index >= 15 is 0 Å². The zero-order valence-corrected chi connectivity index (χ0v) is 17.1. The van der Waals surface area contributed by atoms with Gasteiger partial charge >= 0.3 is 0 Å². The second-order valence-corrected chi connectivity index (χ2v) is 5.41. The number of nitrogens with one attached hydrogen (secondary N) is 2. The number of pyridine rings is 1. The van der Waals surface area contributed by atoms with Gasteiger partial charge in [-0.2, -0.15) is 0 Å². The Labute approximate surface area is 157 Å². The number of ether oxygens (including phenoxy) is 1. The van der Waals surface area contributed by atoms with E-state index in [1.807, 2.05) is 12.1 Å². The Hall–Kier alpha value is -1.05. The van der Waals surface area contributed by atoms with Crippen LogP contribution in [0.1, 0.15) is 52.0 Å². The lowest BCUT2D eigenvalue weighted by atomic mass is 10.1. The molecule has 0 saturated carbocycles. The maximum absolute atomic E-state index is 5.26. The molecule has 0 spiro atoms. The average Bonchev–Trinajstić information content (AvgIpc) is 2.53. The molecule has 0 fully saturated rings. The minimum absolute atomic E-state index is 0. The molecule has 0 amide bonds. The van der Waals surface area contributed by atoms with Crippen LogP contribution >= 0.6 is 24.0 Å². The van der Waals surface area contributed by atoms with Gasteiger partial charge in [0.25, 0.3) is 0 Å². The molecule has 23 heavy (non-hydrogen) atoms. The van der Waals surface area contributed by atoms with Crippen LogP contribution in [-0.2, 0) is 6.54 Å². The molecule has 0 aliphatic carbocycles. The third-order valence-corrected chi connectivity index (χ3v) is 3.42. The van der Waals surface area contributed by atoms with Gasteiger partial charge in [-0.3, -0.25) is 0 Å². The number of hydrogen-bond acceptors (Lipinski definition) is 3. The molecule has 0 saturated heterocycles. The molecule has 0 aliphatic rings. The van der Waals surface area contributed by atoms with Crippen LogP contribution in [0.2, 0.25) is 0 Å². The van der Waals surface area contributed by atoms with Gasteiger partial charge in [0.15, 0.2) is 5.96 Å². The molecular formula is C17H31IN4O. The first-order valence-corrected chi connectivity index (χ1v) is 8.23. The molecule has 132 valence electrons. The molecule has 0 bridgehead atoms. The minimum Gasteiger partial charge on any atom is -0.481 e. The topological polar surface area (TPSA) is 58.5 Å². The van der Waals surface area contributed by atoms with Crippen LogP contribution in [0.25, 0.3) is 0 Å². The normalized spacial score (nSPS) is 12.3. The molecular weight excluding hydrogens is 403 g/mol. The van der Waals surface area contributed by atoms with Crippen LogP contribution in [0, 0.1) is 0 Å². The zero-order valence-electron chi connectivity index (χ0n) is 14.8. The number of aliphatic imine (C=N–C) groups is 1. The van der Waals surface area contributed by atoms with Crippen molar-refractivity contribution in [3.63, 3.8) is 0 Å². The van der Waals surface area contributed by atoms with Crippen molar-refractivity contribution in [1.29, 1.82) is 0 Å². The summed E-state index contributed by atoms with van der Waals surface area (Å²) in [6.45, 7) is 7.90. The van der Waals surface area contributed by atoms with E-state index in [1.165, 1.54) is 19.3 Å². The molecule has 2 N–H and O–H groups in total. The third kappa shape index (κ3) is 8.98. The summed E-state index contributed by atoms with van der Waals surface area (Å²) in [5.74, 6) is 1.48. The lowest BCUT2D eigenvalue weighted by molar-refractivity contribution is 0.392. The predicted octanol–water partition coefficient (Wildman–Crippen LogP) is 3.73. The van der Waals surface area contributed by atoms with Gasteiger partial charge < -0.3 is 15.4 Å². The number of methoxy groups -OCH3 is 1. The summed E-state index contributed by atoms with van der Waals surface area (Å²) in [4.78, 5) is 8.83. The second kappa shape index (κ2) is 13.4. The van der Waals surface area contributed by atoms with E-state index < -0.39 is 0 Å². The summed E-state index contributed by atoms with van der Waals surface area (Å²) < 4.78 is 5.26. The van der Waals surface area contributed by atoms with Crippen LogP contribution in [0.15, 0.2) is 23.3 Å². The van der Waals surface area contributed by atoms with Crippen molar-refractivity contribution in [2.75, 3.05) is 13.7 Å². The van der Waals surface area contributed by atoms with Gasteiger partial charge in [-0.15, -0.1) is 24.0 Å². The molecule has 0 radical (unpaired) electrons. The number of guanidine groups is 1. The van der Waals surface area contributed by atoms with E-state index in [2.05, 4.69) is 41.4 Å². The number of rotatable bonds is 9. The smallest absolute Gasteiger partial charge is 0.218 e. The van der Waals surface area contributed by atoms with Gasteiger partial charge in [0.2, 0.25) is 5.88 Å². The number of halogens is 1. The van der Waals surface area contributed by atoms with Crippen LogP contribution in [0.3, 0.4) is 0 Å². The molecule has 1 aromatic rings. The van der Waals surface area contributed by atoms with Gasteiger partial charge in [0.05, 0.1) is 13.7 Å². The highest BCUT2D eigenvalue weighted by atomic mass is 127. The predicted molar refractivity (Wildman–Crippen MR) is 108 cm³/mol. The van der Waals surface area contributed by atoms with Crippen LogP contribution < -0.4 is 15.4 Å². The van der Waals surface area contributed by atoms with Crippen LogP contribution in [0.4, 0.5) is 0 Å². The third-order valence-electron chi connectivity index (χ3n) is 3.42. The lowest BCUT2D eigenvalue weighted by Gasteiger charge is -2.17. The molecule has 0 aliphatic heterocycles. The SMILES string of the molecule is CCCCCC(C)NC(=NCc1cccnc1OC)NCC.I. The van der Waals surface area contributed by atoms with Crippen molar-refractivity contribution in [1.82, 2.24) is 15.6 Å². The fourth-order valence-electron chi connectivity index (χ4n) is 2.22. The number of unbranched alkanes of at least 4 members (excludes halogenated alkanes) is 2. The molecule has 5 nitrogen and oxygen atoms in total. The van der Waals surface area contributed by atoms with Crippen LogP contribution in [0.5, 0.6) is 5.88 Å². The zero-order chi connectivity index (χ0) is 16.2. The minimum atomic E-state index is 0. The molecule has 1 aromatic heterocycles. The fourth-order valence-corrected chi connectivity index (χ4v) is 2.22. The standard InChI is InChI=1S/C17H30N4O.HI/c1-5-7-8-10-14(3)21-17(18-6-2)20-13-15-11-9-12-19-16(15)22-4;/h9,11-12,14H,5-8,10,13H2,1-4H3,(H2,18,20,21);1H. The molecule has 0 aromatic carbocycles. The van der Waals surface area contributed by atoms with E-state index in [0.717, 1.165) is 24.5 Å². The van der Waals surface area contributed by atoms with E-state index in [-0.39, 0.29) is 24.0 Å². The molecule has 1 rings (SSSR count). The van der Waals surface area contributed by atoms with Gasteiger partial charge in [0.1, 0.15) is 0 Å². The highest BCUT2D eigenvalue weighted by Gasteiger charge is 2.06. The summed E-state index contributed by atoms with van der Waals surface area (Å²) in [7, 11) is 1.63. The maximum Gasteiger partial charge on any atom is 0.218 e. The first-order chi connectivity index (χ1) is 10.7. The maximum atomic E-state index is 5.26. The van der Waals surface area contributed by atoms with Crippen molar-refractivity contribution in [2.45, 2.75) is 59.0 Å². The Balaban J connectivity index is 0.00000484. The quantitative estimate of drug-likeness (QED) is 0.269. The van der Waals surface area contributed by atoms with Crippen LogP contribution in [-0.4, -0.2) is 30.6 Å². The Morgan fingerprint density at radius 2 is 2.13 bits per heavy atom. The number of aromatic nitrogens is 1. The highest BCUT2D eigenvalue weighted by molar-refractivity contribution is 14.0. The lowest BCUT2D eigenvalue weighted by Crippen LogP contribution is -2.42. The summed E-state index contributed by atoms with van der Waals surface area (Å²) in [6.07, 6.45) is 6.68. The second-order valence-electron chi connectivity index (χ2n) is 5.41. The first-order valence-electron chi connectivity index (χ1n) is 8.23. The average molecular weight is 434 g/mol. The largest absolute Gasteiger partial charge is 0.481 e. The van der Waals surface area contributed by atoms with Crippen molar-refractivity contribution in [3.05, 3.63) is 23.9 Å². The van der Waals surface area contributed by atoms with Crippen molar-refractivity contribution in [2.24, 2.45) is 4.99 Å². The monoisotopic (exact) mass is 434 g/mol. The van der Waals surface area contributed by atoms with Crippen molar-refractivity contribution >= 4 is 29.9 Å². The summed E-state index contributed by atoms with van der Waals surface area (Å²) in [6, 6.07) is 4.31. The van der Waals surface area contributed by atoms with Crippen molar-refractivity contribution in [3.8, 4) is 5.88 Å². The fraction of sp³-hybridized carbons (Fsp3) is 0.647. The number of hydrogen-bond donors (Lipinski definition) is 2. The van der Waals surface area contributed by atoms with Gasteiger partial charge in [-0.25, -0.2) is 9.98 Å². The number of nitrogens with zero attached hydrogens (tertiary/aromatic N) is 2. The summed E-state index contributed by atoms with van der Waals surface area (Å²) >= 11 is 0. The summed E-state index contributed by atoms with van der Waals surface area (Å²) in [5, 5.41) is 6.75. The molecule has 1 unspecified atom stereocenters. The molecule has 1 atom stereocenters. The molecule has 1 heterocycles. The van der Waals surface area contributed by atoms with E-state index in [4.69, 9.17) is 4.74 Å². The Bertz CT molecular complexity index is 454. The first kappa shape index (κ1) is 21.9. The Morgan fingerprint density at radius 3 is 2.78 bits per heavy atom. The summed E-state index contributed by atoms with van der Waals surface area (Å²) in [5.41, 5.74) is 0.987. The van der Waals surface area contributed by atoms with Gasteiger partial charge in [-0.1, -0.05) is 32.3 Å². The van der Waals surface area contributed by atoms with Crippen molar-refractivity contribution < 1.29 is 4.74 Å².